The first-order chi connectivity index (χ1) is 15.0. The van der Waals surface area contributed by atoms with E-state index < -0.39 is 11.6 Å². The van der Waals surface area contributed by atoms with E-state index in [9.17, 15) is 9.50 Å². The molecule has 0 bridgehead atoms. The summed E-state index contributed by atoms with van der Waals surface area (Å²) in [5.41, 5.74) is 6.51. The molecule has 11 heteroatoms. The Morgan fingerprint density at radius 2 is 2.13 bits per heavy atom. The van der Waals surface area contributed by atoms with Crippen LogP contribution in [0, 0.1) is 11.6 Å². The highest BCUT2D eigenvalue weighted by atomic mass is 35.5. The number of aliphatic hydroxyl groups is 1. The average molecular weight is 463 g/mol. The van der Waals surface area contributed by atoms with Gasteiger partial charge in [-0.05, 0) is 18.2 Å². The highest BCUT2D eigenvalue weighted by Gasteiger charge is 2.27. The van der Waals surface area contributed by atoms with E-state index in [0.29, 0.717) is 36.4 Å². The Morgan fingerprint density at radius 3 is 2.94 bits per heavy atom. The molecule has 4 aromatic rings. The number of fused-ring (bicyclic) bond motifs is 2. The summed E-state index contributed by atoms with van der Waals surface area (Å²) < 4.78 is 30.2. The number of nitrogens with two attached hydrogens (primary N) is 1. The molecule has 0 radical (unpaired) electrons. The van der Waals surface area contributed by atoms with Gasteiger partial charge in [-0.25, -0.2) is 23.7 Å². The largest absolute Gasteiger partial charge is 0.394 e. The van der Waals surface area contributed by atoms with Gasteiger partial charge in [0.25, 0.3) is 0 Å². The van der Waals surface area contributed by atoms with Crippen molar-refractivity contribution in [3.8, 4) is 11.1 Å². The number of piperazine rings is 1. The highest BCUT2D eigenvalue weighted by Crippen LogP contribution is 2.42. The Bertz CT molecular complexity index is 1320. The number of nitrogen functional groups attached to an aromatic ring is 1. The normalized spacial score (nSPS) is 17.0. The number of aromatic nitrogens is 3. The van der Waals surface area contributed by atoms with Gasteiger partial charge < -0.3 is 21.1 Å². The lowest BCUT2D eigenvalue weighted by atomic mass is 10.0. The molecule has 1 unspecified atom stereocenters. The van der Waals surface area contributed by atoms with Crippen LogP contribution in [0.5, 0.6) is 0 Å². The van der Waals surface area contributed by atoms with Gasteiger partial charge in [0.05, 0.1) is 27.9 Å². The Morgan fingerprint density at radius 1 is 1.29 bits per heavy atom. The number of thiazole rings is 1. The maximum atomic E-state index is 15.8. The average Bonchev–Trinajstić information content (AvgIpc) is 3.17. The second-order valence-electron chi connectivity index (χ2n) is 7.20. The molecule has 7 nitrogen and oxygen atoms in total. The van der Waals surface area contributed by atoms with Gasteiger partial charge in [0.15, 0.2) is 10.9 Å². The lowest BCUT2D eigenvalue weighted by molar-refractivity contribution is 0.246. The van der Waals surface area contributed by atoms with Crippen molar-refractivity contribution in [3.05, 3.63) is 41.2 Å². The van der Waals surface area contributed by atoms with E-state index in [1.807, 2.05) is 4.90 Å². The van der Waals surface area contributed by atoms with Crippen LogP contribution in [0.3, 0.4) is 0 Å². The standard InChI is InChI=1S/C20H17ClF2N6OS/c21-12-5-11-16(26-8-27-19(11)29-4-3-25-6-9(29)7-30)15(23)14(12)10-1-2-13(22)18-17(10)28-20(24)31-18/h1-2,5,8-9,25,30H,3-4,6-7H2,(H2,24,28). The summed E-state index contributed by atoms with van der Waals surface area (Å²) in [6.07, 6.45) is 1.29. The molecular formula is C20H17ClF2N6OS. The van der Waals surface area contributed by atoms with Gasteiger partial charge >= 0.3 is 0 Å². The number of benzene rings is 2. The van der Waals surface area contributed by atoms with Gasteiger partial charge in [-0.2, -0.15) is 0 Å². The molecule has 5 rings (SSSR count). The third-order valence-electron chi connectivity index (χ3n) is 5.41. The van der Waals surface area contributed by atoms with Crippen molar-refractivity contribution in [2.75, 3.05) is 36.9 Å². The molecule has 1 fully saturated rings. The molecule has 1 aliphatic rings. The van der Waals surface area contributed by atoms with E-state index in [4.69, 9.17) is 17.3 Å². The molecule has 0 aliphatic carbocycles. The fraction of sp³-hybridized carbons (Fsp3) is 0.250. The Hall–Kier alpha value is -2.66. The number of halogens is 3. The van der Waals surface area contributed by atoms with Crippen LogP contribution in [0.25, 0.3) is 32.2 Å². The van der Waals surface area contributed by atoms with Crippen molar-refractivity contribution < 1.29 is 13.9 Å². The fourth-order valence-corrected chi connectivity index (χ4v) is 5.05. The van der Waals surface area contributed by atoms with E-state index in [1.54, 1.807) is 6.07 Å². The molecule has 0 amide bonds. The molecule has 3 heterocycles. The van der Waals surface area contributed by atoms with Gasteiger partial charge in [-0.3, -0.25) is 0 Å². The molecule has 160 valence electrons. The maximum absolute atomic E-state index is 15.8. The second-order valence-corrected chi connectivity index (χ2v) is 8.64. The number of hydrogen-bond acceptors (Lipinski definition) is 8. The maximum Gasteiger partial charge on any atom is 0.181 e. The smallest absolute Gasteiger partial charge is 0.181 e. The summed E-state index contributed by atoms with van der Waals surface area (Å²) in [5, 5.41) is 13.7. The van der Waals surface area contributed by atoms with Crippen molar-refractivity contribution in [3.63, 3.8) is 0 Å². The molecule has 4 N–H and O–H groups in total. The molecule has 1 saturated heterocycles. The van der Waals surface area contributed by atoms with Crippen LogP contribution >= 0.6 is 22.9 Å². The van der Waals surface area contributed by atoms with Crippen LogP contribution in [-0.2, 0) is 0 Å². The zero-order valence-electron chi connectivity index (χ0n) is 16.1. The Balaban J connectivity index is 1.74. The summed E-state index contributed by atoms with van der Waals surface area (Å²) in [7, 11) is 0. The van der Waals surface area contributed by atoms with E-state index in [-0.39, 0.29) is 44.1 Å². The Labute approximate surface area is 184 Å². The first-order valence-electron chi connectivity index (χ1n) is 9.55. The van der Waals surface area contributed by atoms with E-state index >= 15 is 4.39 Å². The third-order valence-corrected chi connectivity index (χ3v) is 6.61. The van der Waals surface area contributed by atoms with Crippen LogP contribution in [0.1, 0.15) is 0 Å². The molecule has 31 heavy (non-hydrogen) atoms. The minimum Gasteiger partial charge on any atom is -0.394 e. The summed E-state index contributed by atoms with van der Waals surface area (Å²) in [6.45, 7) is 1.80. The van der Waals surface area contributed by atoms with E-state index in [2.05, 4.69) is 20.3 Å². The number of hydrogen-bond donors (Lipinski definition) is 3. The predicted molar refractivity (Wildman–Crippen MR) is 119 cm³/mol. The second kappa shape index (κ2) is 7.79. The number of anilines is 2. The highest BCUT2D eigenvalue weighted by molar-refractivity contribution is 7.22. The predicted octanol–water partition coefficient (Wildman–Crippen LogP) is 3.19. The molecule has 2 aromatic carbocycles. The number of nitrogens with zero attached hydrogens (tertiary/aromatic N) is 4. The fourth-order valence-electron chi connectivity index (χ4n) is 3.99. The monoisotopic (exact) mass is 462 g/mol. The van der Waals surface area contributed by atoms with Crippen LogP contribution in [0.4, 0.5) is 19.7 Å². The van der Waals surface area contributed by atoms with Gasteiger partial charge in [0, 0.05) is 36.1 Å². The van der Waals surface area contributed by atoms with Crippen molar-refractivity contribution in [2.24, 2.45) is 0 Å². The van der Waals surface area contributed by atoms with Crippen LogP contribution in [0.15, 0.2) is 24.5 Å². The third kappa shape index (κ3) is 3.26. The SMILES string of the molecule is Nc1nc2c(-c3c(Cl)cc4c(N5CCNCC5CO)ncnc4c3F)ccc(F)c2s1. The quantitative estimate of drug-likeness (QED) is 0.430. The summed E-state index contributed by atoms with van der Waals surface area (Å²) in [4.78, 5) is 14.6. The minimum atomic E-state index is -0.652. The number of aliphatic hydroxyl groups excluding tert-OH is 1. The molecule has 1 atom stereocenters. The minimum absolute atomic E-state index is 0.0770. The molecular weight excluding hydrogens is 446 g/mol. The van der Waals surface area contributed by atoms with Gasteiger partial charge in [-0.15, -0.1) is 0 Å². The van der Waals surface area contributed by atoms with Crippen LogP contribution < -0.4 is 16.0 Å². The first kappa shape index (κ1) is 20.3. The summed E-state index contributed by atoms with van der Waals surface area (Å²) in [6, 6.07) is 4.08. The topological polar surface area (TPSA) is 100 Å². The van der Waals surface area contributed by atoms with Gasteiger partial charge in [0.2, 0.25) is 0 Å². The molecule has 1 aliphatic heterocycles. The first-order valence-corrected chi connectivity index (χ1v) is 10.7. The lowest BCUT2D eigenvalue weighted by Gasteiger charge is -2.36. The van der Waals surface area contributed by atoms with Crippen molar-refractivity contribution in [2.45, 2.75) is 6.04 Å². The molecule has 0 spiro atoms. The van der Waals surface area contributed by atoms with Crippen LogP contribution in [-0.4, -0.2) is 52.3 Å². The van der Waals surface area contributed by atoms with Gasteiger partial charge in [-0.1, -0.05) is 22.9 Å². The number of rotatable bonds is 3. The number of nitrogens with one attached hydrogen (secondary N) is 1. The van der Waals surface area contributed by atoms with Crippen molar-refractivity contribution >= 4 is 55.0 Å². The van der Waals surface area contributed by atoms with Crippen molar-refractivity contribution in [1.82, 2.24) is 20.3 Å². The zero-order chi connectivity index (χ0) is 21.7. The van der Waals surface area contributed by atoms with E-state index in [1.165, 1.54) is 18.5 Å². The van der Waals surface area contributed by atoms with Crippen molar-refractivity contribution in [1.29, 1.82) is 0 Å². The summed E-state index contributed by atoms with van der Waals surface area (Å²) >= 11 is 7.54. The molecule has 2 aromatic heterocycles. The summed E-state index contributed by atoms with van der Waals surface area (Å²) in [5.74, 6) is -0.634. The van der Waals surface area contributed by atoms with Gasteiger partial charge in [0.1, 0.15) is 23.5 Å². The van der Waals surface area contributed by atoms with Crippen LogP contribution in [0.2, 0.25) is 5.02 Å². The molecule has 0 saturated carbocycles. The zero-order valence-corrected chi connectivity index (χ0v) is 17.6. The lowest BCUT2D eigenvalue weighted by Crippen LogP contribution is -2.53. The van der Waals surface area contributed by atoms with E-state index in [0.717, 1.165) is 11.3 Å². The Kier molecular flexibility index (Phi) is 5.09.